The maximum Gasteiger partial charge on any atom is 0.294 e. The van der Waals surface area contributed by atoms with E-state index in [9.17, 15) is 9.59 Å². The molecule has 3 aromatic rings. The Kier molecular flexibility index (Phi) is 4.43. The van der Waals surface area contributed by atoms with Crippen LogP contribution in [0.5, 0.6) is 11.5 Å². The standard InChI is InChI=1S/C21H20N2O5/c1-12-14-10-13(26-3)8-9-16(14)28-19(12)21(25)23-11-18(20(24)22-2)27-17-7-5-4-6-15(17)23/h4-10,18H,11H2,1-3H3,(H,22,24)/t18-/m1/s1. The van der Waals surface area contributed by atoms with Gasteiger partial charge in [-0.2, -0.15) is 0 Å². The van der Waals surface area contributed by atoms with Gasteiger partial charge in [0, 0.05) is 18.0 Å². The van der Waals surface area contributed by atoms with Crippen LogP contribution in [0.1, 0.15) is 16.1 Å². The van der Waals surface area contributed by atoms with Crippen LogP contribution in [0.3, 0.4) is 0 Å². The predicted molar refractivity (Wildman–Crippen MR) is 104 cm³/mol. The molecule has 0 unspecified atom stereocenters. The lowest BCUT2D eigenvalue weighted by molar-refractivity contribution is -0.127. The molecule has 0 saturated carbocycles. The molecule has 28 heavy (non-hydrogen) atoms. The third-order valence-corrected chi connectivity index (χ3v) is 4.90. The highest BCUT2D eigenvalue weighted by Gasteiger charge is 2.35. The zero-order valence-corrected chi connectivity index (χ0v) is 15.8. The molecular formula is C21H20N2O5. The number of para-hydroxylation sites is 2. The first-order valence-corrected chi connectivity index (χ1v) is 8.89. The number of benzene rings is 2. The number of hydrogen-bond acceptors (Lipinski definition) is 5. The van der Waals surface area contributed by atoms with E-state index in [4.69, 9.17) is 13.9 Å². The van der Waals surface area contributed by atoms with Crippen LogP contribution in [-0.2, 0) is 4.79 Å². The van der Waals surface area contributed by atoms with Gasteiger partial charge in [-0.1, -0.05) is 12.1 Å². The van der Waals surface area contributed by atoms with Gasteiger partial charge >= 0.3 is 0 Å². The molecule has 7 nitrogen and oxygen atoms in total. The summed E-state index contributed by atoms with van der Waals surface area (Å²) >= 11 is 0. The van der Waals surface area contributed by atoms with Crippen molar-refractivity contribution in [3.63, 3.8) is 0 Å². The van der Waals surface area contributed by atoms with E-state index in [0.717, 1.165) is 10.9 Å². The average Bonchev–Trinajstić information content (AvgIpc) is 3.07. The molecule has 0 saturated heterocycles. The van der Waals surface area contributed by atoms with Gasteiger partial charge in [0.25, 0.3) is 11.8 Å². The number of fused-ring (bicyclic) bond motifs is 2. The van der Waals surface area contributed by atoms with Crippen LogP contribution in [0.2, 0.25) is 0 Å². The highest BCUT2D eigenvalue weighted by atomic mass is 16.5. The summed E-state index contributed by atoms with van der Waals surface area (Å²) in [5.74, 6) is 0.782. The van der Waals surface area contributed by atoms with E-state index < -0.39 is 6.10 Å². The van der Waals surface area contributed by atoms with Crippen molar-refractivity contribution in [1.29, 1.82) is 0 Å². The highest BCUT2D eigenvalue weighted by Crippen LogP contribution is 2.36. The molecule has 1 N–H and O–H groups in total. The van der Waals surface area contributed by atoms with Crippen LogP contribution in [0.4, 0.5) is 5.69 Å². The van der Waals surface area contributed by atoms with Crippen molar-refractivity contribution in [3.8, 4) is 11.5 Å². The Labute approximate surface area is 161 Å². The van der Waals surface area contributed by atoms with Crippen molar-refractivity contribution in [3.05, 3.63) is 53.8 Å². The molecule has 2 aromatic carbocycles. The lowest BCUT2D eigenvalue weighted by Crippen LogP contribution is -2.50. The summed E-state index contributed by atoms with van der Waals surface area (Å²) in [5.41, 5.74) is 1.93. The molecule has 0 fully saturated rings. The lowest BCUT2D eigenvalue weighted by Gasteiger charge is -2.33. The number of likely N-dealkylation sites (N-methyl/N-ethyl adjacent to an activating group) is 1. The van der Waals surface area contributed by atoms with Crippen LogP contribution >= 0.6 is 0 Å². The van der Waals surface area contributed by atoms with Crippen LogP contribution in [0.15, 0.2) is 46.9 Å². The fraction of sp³-hybridized carbons (Fsp3) is 0.238. The van der Waals surface area contributed by atoms with Crippen molar-refractivity contribution in [2.75, 3.05) is 25.6 Å². The number of rotatable bonds is 3. The van der Waals surface area contributed by atoms with E-state index in [1.54, 1.807) is 37.4 Å². The Hall–Kier alpha value is -3.48. The van der Waals surface area contributed by atoms with Crippen molar-refractivity contribution in [2.24, 2.45) is 0 Å². The zero-order valence-electron chi connectivity index (χ0n) is 15.8. The van der Waals surface area contributed by atoms with Crippen molar-refractivity contribution >= 4 is 28.5 Å². The monoisotopic (exact) mass is 380 g/mol. The molecule has 2 heterocycles. The Morgan fingerprint density at radius 3 is 2.75 bits per heavy atom. The summed E-state index contributed by atoms with van der Waals surface area (Å²) in [6, 6.07) is 12.5. The topological polar surface area (TPSA) is 81.0 Å². The van der Waals surface area contributed by atoms with Gasteiger partial charge in [-0.05, 0) is 37.3 Å². The summed E-state index contributed by atoms with van der Waals surface area (Å²) < 4.78 is 16.9. The molecule has 2 amide bonds. The van der Waals surface area contributed by atoms with Gasteiger partial charge in [0.2, 0.25) is 0 Å². The molecule has 144 valence electrons. The van der Waals surface area contributed by atoms with E-state index in [-0.39, 0.29) is 24.1 Å². The molecule has 1 aromatic heterocycles. The largest absolute Gasteiger partial charge is 0.497 e. The summed E-state index contributed by atoms with van der Waals surface area (Å²) in [7, 11) is 3.13. The number of methoxy groups -OCH3 is 1. The maximum absolute atomic E-state index is 13.4. The second-order valence-corrected chi connectivity index (χ2v) is 6.52. The van der Waals surface area contributed by atoms with Gasteiger partial charge in [0.05, 0.1) is 19.3 Å². The second-order valence-electron chi connectivity index (χ2n) is 6.52. The summed E-state index contributed by atoms with van der Waals surface area (Å²) in [5, 5.41) is 3.38. The first-order chi connectivity index (χ1) is 13.5. The summed E-state index contributed by atoms with van der Waals surface area (Å²) in [4.78, 5) is 27.1. The van der Waals surface area contributed by atoms with E-state index in [1.807, 2.05) is 19.1 Å². The number of carbonyl (C=O) groups excluding carboxylic acids is 2. The number of furan rings is 1. The minimum Gasteiger partial charge on any atom is -0.497 e. The highest BCUT2D eigenvalue weighted by molar-refractivity contribution is 6.09. The van der Waals surface area contributed by atoms with Gasteiger partial charge in [-0.25, -0.2) is 0 Å². The SMILES string of the molecule is CNC(=O)[C@H]1CN(C(=O)c2oc3ccc(OC)cc3c2C)c2ccccc2O1. The molecule has 0 aliphatic carbocycles. The number of aryl methyl sites for hydroxylation is 1. The van der Waals surface area contributed by atoms with Gasteiger partial charge in [-0.3, -0.25) is 14.5 Å². The summed E-state index contributed by atoms with van der Waals surface area (Å²) in [6.45, 7) is 1.93. The van der Waals surface area contributed by atoms with Gasteiger partial charge in [0.1, 0.15) is 17.1 Å². The van der Waals surface area contributed by atoms with Gasteiger partial charge in [-0.15, -0.1) is 0 Å². The number of nitrogens with zero attached hydrogens (tertiary/aromatic N) is 1. The van der Waals surface area contributed by atoms with Crippen LogP contribution in [-0.4, -0.2) is 38.6 Å². The average molecular weight is 380 g/mol. The minimum absolute atomic E-state index is 0.0926. The number of hydrogen-bond donors (Lipinski definition) is 1. The molecule has 1 aliphatic heterocycles. The smallest absolute Gasteiger partial charge is 0.294 e. The molecular weight excluding hydrogens is 360 g/mol. The number of ether oxygens (including phenoxy) is 2. The molecule has 1 atom stereocenters. The van der Waals surface area contributed by atoms with E-state index in [1.165, 1.54) is 11.9 Å². The van der Waals surface area contributed by atoms with Crippen LogP contribution in [0, 0.1) is 6.92 Å². The van der Waals surface area contributed by atoms with E-state index in [2.05, 4.69) is 5.32 Å². The molecule has 0 bridgehead atoms. The van der Waals surface area contributed by atoms with Gasteiger partial charge in [0.15, 0.2) is 11.9 Å². The third kappa shape index (κ3) is 2.85. The number of carbonyl (C=O) groups is 2. The van der Waals surface area contributed by atoms with Crippen LogP contribution in [0.25, 0.3) is 11.0 Å². The van der Waals surface area contributed by atoms with Crippen molar-refractivity contribution < 1.29 is 23.5 Å². The van der Waals surface area contributed by atoms with E-state index >= 15 is 0 Å². The minimum atomic E-state index is -0.798. The third-order valence-electron chi connectivity index (χ3n) is 4.90. The van der Waals surface area contributed by atoms with E-state index in [0.29, 0.717) is 22.8 Å². The van der Waals surface area contributed by atoms with Crippen molar-refractivity contribution in [2.45, 2.75) is 13.0 Å². The molecule has 0 spiro atoms. The number of nitrogens with one attached hydrogen (secondary N) is 1. The number of amides is 2. The molecule has 4 rings (SSSR count). The number of anilines is 1. The molecule has 7 heteroatoms. The Morgan fingerprint density at radius 1 is 1.21 bits per heavy atom. The molecule has 0 radical (unpaired) electrons. The Balaban J connectivity index is 1.77. The Bertz CT molecular complexity index is 1070. The van der Waals surface area contributed by atoms with Crippen molar-refractivity contribution in [1.82, 2.24) is 5.32 Å². The predicted octanol–water partition coefficient (Wildman–Crippen LogP) is 2.90. The van der Waals surface area contributed by atoms with Crippen LogP contribution < -0.4 is 19.7 Å². The first kappa shape index (κ1) is 17.9. The maximum atomic E-state index is 13.4. The first-order valence-electron chi connectivity index (χ1n) is 8.89. The normalized spacial score (nSPS) is 15.7. The second kappa shape index (κ2) is 6.92. The quantitative estimate of drug-likeness (QED) is 0.756. The Morgan fingerprint density at radius 2 is 2.00 bits per heavy atom. The fourth-order valence-corrected chi connectivity index (χ4v) is 3.38. The zero-order chi connectivity index (χ0) is 19.8. The van der Waals surface area contributed by atoms with Gasteiger partial charge < -0.3 is 19.2 Å². The molecule has 1 aliphatic rings. The summed E-state index contributed by atoms with van der Waals surface area (Å²) in [6.07, 6.45) is -0.798. The fourth-order valence-electron chi connectivity index (χ4n) is 3.38. The lowest BCUT2D eigenvalue weighted by atomic mass is 10.1.